The maximum Gasteiger partial charge on any atom is 0.341 e. The van der Waals surface area contributed by atoms with Gasteiger partial charge in [0, 0.05) is 5.52 Å². The van der Waals surface area contributed by atoms with Gasteiger partial charge in [0.25, 0.3) is 0 Å². The van der Waals surface area contributed by atoms with E-state index in [9.17, 15) is 10.0 Å². The quantitative estimate of drug-likeness (QED) is 0.798. The fraction of sp³-hybridized carbons (Fsp3) is 0.167. The minimum atomic E-state index is -0.646. The lowest BCUT2D eigenvalue weighted by Crippen LogP contribution is -2.25. The molecule has 0 atom stereocenters. The van der Waals surface area contributed by atoms with Gasteiger partial charge in [0.15, 0.2) is 0 Å². The first-order chi connectivity index (χ1) is 8.15. The zero-order valence-electron chi connectivity index (χ0n) is 9.27. The van der Waals surface area contributed by atoms with E-state index < -0.39 is 5.97 Å². The topological polar surface area (TPSA) is 78.1 Å². The van der Waals surface area contributed by atoms with Crippen LogP contribution in [0.15, 0.2) is 30.3 Å². The average Bonchev–Trinajstić information content (AvgIpc) is 2.34. The maximum absolute atomic E-state index is 11.8. The summed E-state index contributed by atoms with van der Waals surface area (Å²) in [6.07, 6.45) is 0. The Hall–Kier alpha value is -2.30. The molecule has 5 heteroatoms. The zero-order chi connectivity index (χ0) is 12.4. The van der Waals surface area contributed by atoms with E-state index >= 15 is 0 Å². The van der Waals surface area contributed by atoms with Crippen molar-refractivity contribution in [1.29, 1.82) is 5.41 Å². The summed E-state index contributed by atoms with van der Waals surface area (Å²) in [4.78, 5) is 11.6. The number of rotatable bonds is 2. The van der Waals surface area contributed by atoms with Crippen LogP contribution in [0.5, 0.6) is 0 Å². The third-order valence-corrected chi connectivity index (χ3v) is 2.41. The Bertz CT molecular complexity index is 631. The third-order valence-electron chi connectivity index (χ3n) is 2.41. The maximum atomic E-state index is 11.8. The summed E-state index contributed by atoms with van der Waals surface area (Å²) in [5, 5.41) is 20.0. The molecule has 2 aromatic rings. The van der Waals surface area contributed by atoms with E-state index in [1.807, 2.05) is 0 Å². The summed E-state index contributed by atoms with van der Waals surface area (Å²) >= 11 is 0. The van der Waals surface area contributed by atoms with Crippen LogP contribution in [0, 0.1) is 10.6 Å². The van der Waals surface area contributed by atoms with E-state index in [0.29, 0.717) is 15.6 Å². The number of hydrogen-bond donors (Lipinski definition) is 1. The van der Waals surface area contributed by atoms with Crippen LogP contribution < -0.4 is 5.49 Å². The smallest absolute Gasteiger partial charge is 0.341 e. The molecule has 0 unspecified atom stereocenters. The summed E-state index contributed by atoms with van der Waals surface area (Å²) in [7, 11) is 0. The highest BCUT2D eigenvalue weighted by Crippen LogP contribution is 2.12. The number of benzene rings is 1. The second-order valence-electron chi connectivity index (χ2n) is 3.48. The number of carbonyl (C=O) groups is 1. The molecule has 0 aliphatic heterocycles. The van der Waals surface area contributed by atoms with E-state index in [2.05, 4.69) is 0 Å². The Morgan fingerprint density at radius 1 is 1.47 bits per heavy atom. The highest BCUT2D eigenvalue weighted by atomic mass is 16.5. The molecule has 0 fully saturated rings. The van der Waals surface area contributed by atoms with Gasteiger partial charge in [0.05, 0.1) is 6.61 Å². The van der Waals surface area contributed by atoms with Crippen LogP contribution in [0.1, 0.15) is 17.3 Å². The number of pyridine rings is 1. The monoisotopic (exact) mass is 231 g/mol. The number of nitrogens with zero attached hydrogens (tertiary/aromatic N) is 1. The lowest BCUT2D eigenvalue weighted by molar-refractivity contribution is 0.0523. The Morgan fingerprint density at radius 2 is 2.18 bits per heavy atom. The molecule has 0 amide bonds. The molecule has 88 valence electrons. The van der Waals surface area contributed by atoms with Crippen LogP contribution in [0.4, 0.5) is 0 Å². The number of carbonyl (C=O) groups excluding carboxylic acids is 1. The van der Waals surface area contributed by atoms with Gasteiger partial charge in [-0.1, -0.05) is 18.2 Å². The number of fused-ring (bicyclic) bond motifs is 1. The second kappa shape index (κ2) is 4.29. The Morgan fingerprint density at radius 3 is 2.88 bits per heavy atom. The molecular weight excluding hydrogens is 220 g/mol. The summed E-state index contributed by atoms with van der Waals surface area (Å²) < 4.78 is 5.23. The first-order valence-corrected chi connectivity index (χ1v) is 5.19. The third kappa shape index (κ3) is 1.87. The van der Waals surface area contributed by atoms with E-state index in [-0.39, 0.29) is 17.7 Å². The van der Waals surface area contributed by atoms with E-state index in [4.69, 9.17) is 10.1 Å². The van der Waals surface area contributed by atoms with Gasteiger partial charge in [-0.25, -0.2) is 4.79 Å². The molecule has 1 heterocycles. The SMILES string of the molecule is CCOC(=O)c1cc2ccccc2n([O-])c1=N. The van der Waals surface area contributed by atoms with Gasteiger partial charge in [-0.3, -0.25) is 5.41 Å². The van der Waals surface area contributed by atoms with Crippen molar-refractivity contribution < 1.29 is 9.53 Å². The van der Waals surface area contributed by atoms with Crippen molar-refractivity contribution in [2.24, 2.45) is 0 Å². The molecule has 1 N–H and O–H groups in total. The lowest BCUT2D eigenvalue weighted by Gasteiger charge is -2.16. The predicted molar refractivity (Wildman–Crippen MR) is 62.5 cm³/mol. The van der Waals surface area contributed by atoms with Gasteiger partial charge in [0.1, 0.15) is 11.1 Å². The average molecular weight is 231 g/mol. The molecule has 0 aliphatic rings. The van der Waals surface area contributed by atoms with Crippen LogP contribution in [0.3, 0.4) is 0 Å². The Kier molecular flexibility index (Phi) is 2.82. The normalized spacial score (nSPS) is 10.4. The highest BCUT2D eigenvalue weighted by molar-refractivity contribution is 5.93. The first kappa shape index (κ1) is 11.2. The summed E-state index contributed by atoms with van der Waals surface area (Å²) in [6, 6.07) is 8.30. The standard InChI is InChI=1S/C12H11N2O3/c1-2-17-12(15)9-7-8-5-3-4-6-10(8)14(16)11(9)13/h3-7,13H,2H2,1H3/q-1. The van der Waals surface area contributed by atoms with Crippen molar-refractivity contribution >= 4 is 16.9 Å². The van der Waals surface area contributed by atoms with E-state index in [0.717, 1.165) is 0 Å². The van der Waals surface area contributed by atoms with Crippen LogP contribution in [0.2, 0.25) is 0 Å². The van der Waals surface area contributed by atoms with E-state index in [1.54, 1.807) is 31.2 Å². The van der Waals surface area contributed by atoms with Gasteiger partial charge >= 0.3 is 5.97 Å². The fourth-order valence-corrected chi connectivity index (χ4v) is 1.61. The van der Waals surface area contributed by atoms with Gasteiger partial charge in [-0.15, -0.1) is 0 Å². The molecule has 0 saturated carbocycles. The predicted octanol–water partition coefficient (Wildman–Crippen LogP) is 1.64. The number of aromatic nitrogens is 1. The second-order valence-corrected chi connectivity index (χ2v) is 3.48. The molecule has 0 bridgehead atoms. The molecule has 0 saturated heterocycles. The van der Waals surface area contributed by atoms with Crippen molar-refractivity contribution in [1.82, 2.24) is 4.73 Å². The lowest BCUT2D eigenvalue weighted by atomic mass is 10.1. The molecule has 17 heavy (non-hydrogen) atoms. The van der Waals surface area contributed by atoms with Crippen LogP contribution >= 0.6 is 0 Å². The van der Waals surface area contributed by atoms with E-state index in [1.165, 1.54) is 6.07 Å². The number of esters is 1. The largest absolute Gasteiger partial charge is 0.804 e. The molecule has 0 radical (unpaired) electrons. The number of hydrogen-bond acceptors (Lipinski definition) is 4. The summed E-state index contributed by atoms with van der Waals surface area (Å²) in [5.41, 5.74) is -0.0340. The Labute approximate surface area is 97.3 Å². The molecule has 0 aliphatic carbocycles. The number of para-hydroxylation sites is 1. The molecule has 1 aromatic carbocycles. The van der Waals surface area contributed by atoms with Crippen molar-refractivity contribution in [3.63, 3.8) is 0 Å². The number of ether oxygens (including phenoxy) is 1. The van der Waals surface area contributed by atoms with Crippen LogP contribution in [-0.4, -0.2) is 17.3 Å². The molecule has 0 spiro atoms. The van der Waals surface area contributed by atoms with Crippen molar-refractivity contribution in [2.45, 2.75) is 6.92 Å². The van der Waals surface area contributed by atoms with Crippen LogP contribution in [-0.2, 0) is 4.74 Å². The van der Waals surface area contributed by atoms with Gasteiger partial charge in [-0.05, 0) is 24.4 Å². The highest BCUT2D eigenvalue weighted by Gasteiger charge is 2.11. The van der Waals surface area contributed by atoms with Crippen LogP contribution in [0.25, 0.3) is 10.9 Å². The fourth-order valence-electron chi connectivity index (χ4n) is 1.61. The minimum Gasteiger partial charge on any atom is -0.804 e. The Balaban J connectivity index is 2.70. The van der Waals surface area contributed by atoms with Crippen molar-refractivity contribution in [2.75, 3.05) is 6.61 Å². The molecule has 1 aromatic heterocycles. The van der Waals surface area contributed by atoms with Gasteiger partial charge < -0.3 is 14.7 Å². The minimum absolute atomic E-state index is 0.0134. The number of nitrogens with one attached hydrogen (secondary N) is 1. The van der Waals surface area contributed by atoms with Gasteiger partial charge in [-0.2, -0.15) is 0 Å². The van der Waals surface area contributed by atoms with Crippen molar-refractivity contribution in [3.8, 4) is 0 Å². The zero-order valence-corrected chi connectivity index (χ0v) is 9.27. The summed E-state index contributed by atoms with van der Waals surface area (Å²) in [6.45, 7) is 1.89. The molecule has 5 nitrogen and oxygen atoms in total. The van der Waals surface area contributed by atoms with Crippen molar-refractivity contribution in [3.05, 3.63) is 46.6 Å². The van der Waals surface area contributed by atoms with Gasteiger partial charge in [0.2, 0.25) is 0 Å². The summed E-state index contributed by atoms with van der Waals surface area (Å²) in [5.74, 6) is -0.646. The first-order valence-electron chi connectivity index (χ1n) is 5.19. The molecular formula is C12H11N2O3-. The molecule has 2 rings (SSSR count).